The fourth-order valence-corrected chi connectivity index (χ4v) is 2.60. The van der Waals surface area contributed by atoms with Crippen molar-refractivity contribution < 1.29 is 13.9 Å². The molecule has 0 radical (unpaired) electrons. The highest BCUT2D eigenvalue weighted by Crippen LogP contribution is 2.16. The number of aromatic nitrogens is 2. The maximum absolute atomic E-state index is 13.0. The van der Waals surface area contributed by atoms with Crippen molar-refractivity contribution in [2.24, 2.45) is 0 Å². The lowest BCUT2D eigenvalue weighted by Gasteiger charge is -2.10. The van der Waals surface area contributed by atoms with Crippen molar-refractivity contribution in [3.63, 3.8) is 0 Å². The number of amides is 1. The summed E-state index contributed by atoms with van der Waals surface area (Å²) >= 11 is 0. The molecule has 3 aromatic rings. The molecule has 2 aromatic carbocycles. The van der Waals surface area contributed by atoms with Crippen LogP contribution in [0.25, 0.3) is 11.3 Å². The van der Waals surface area contributed by atoms with Gasteiger partial charge in [-0.05, 0) is 42.8 Å². The van der Waals surface area contributed by atoms with Crippen molar-refractivity contribution in [2.75, 3.05) is 13.2 Å². The Balaban J connectivity index is 1.50. The third kappa shape index (κ3) is 5.03. The average molecular weight is 381 g/mol. The summed E-state index contributed by atoms with van der Waals surface area (Å²) < 4.78 is 19.9. The molecule has 0 saturated heterocycles. The zero-order valence-electron chi connectivity index (χ0n) is 15.4. The van der Waals surface area contributed by atoms with Crippen LogP contribution in [-0.4, -0.2) is 28.6 Å². The first-order valence-corrected chi connectivity index (χ1v) is 8.80. The van der Waals surface area contributed by atoms with Crippen molar-refractivity contribution in [1.29, 1.82) is 0 Å². The fourth-order valence-electron chi connectivity index (χ4n) is 2.60. The van der Waals surface area contributed by atoms with Crippen molar-refractivity contribution in [2.45, 2.75) is 13.5 Å². The van der Waals surface area contributed by atoms with Gasteiger partial charge in [0, 0.05) is 24.7 Å². The van der Waals surface area contributed by atoms with Crippen molar-refractivity contribution in [1.82, 2.24) is 14.9 Å². The molecule has 1 aromatic heterocycles. The summed E-state index contributed by atoms with van der Waals surface area (Å²) in [5, 5.41) is 2.71. The van der Waals surface area contributed by atoms with Crippen LogP contribution in [0.3, 0.4) is 0 Å². The summed E-state index contributed by atoms with van der Waals surface area (Å²) in [6.07, 6.45) is 1.41. The van der Waals surface area contributed by atoms with E-state index in [9.17, 15) is 14.0 Å². The fraction of sp³-hybridized carbons (Fsp3) is 0.190. The number of para-hydroxylation sites is 1. The molecule has 0 aliphatic heterocycles. The van der Waals surface area contributed by atoms with Crippen LogP contribution < -0.4 is 15.6 Å². The molecule has 0 unspecified atom stereocenters. The van der Waals surface area contributed by atoms with Gasteiger partial charge in [0.2, 0.25) is 0 Å². The van der Waals surface area contributed by atoms with Crippen molar-refractivity contribution in [3.8, 4) is 17.0 Å². The van der Waals surface area contributed by atoms with Gasteiger partial charge < -0.3 is 10.1 Å². The Labute approximate surface area is 161 Å². The van der Waals surface area contributed by atoms with E-state index < -0.39 is 0 Å². The van der Waals surface area contributed by atoms with Gasteiger partial charge in [-0.25, -0.2) is 9.37 Å². The Morgan fingerprint density at radius 2 is 1.93 bits per heavy atom. The standard InChI is InChI=1S/C21H20FN3O3/c1-15-4-2-3-5-19(15)28-13-20(26)23-10-11-25-14-24-18(12-21(25)27)16-6-8-17(22)9-7-16/h2-9,12,14H,10-11,13H2,1H3,(H,23,26). The van der Waals surface area contributed by atoms with E-state index in [1.807, 2.05) is 25.1 Å². The molecule has 0 spiro atoms. The molecule has 0 aliphatic rings. The largest absolute Gasteiger partial charge is 0.484 e. The second-order valence-corrected chi connectivity index (χ2v) is 6.22. The third-order valence-corrected chi connectivity index (χ3v) is 4.15. The molecule has 6 nitrogen and oxygen atoms in total. The number of hydrogen-bond donors (Lipinski definition) is 1. The monoisotopic (exact) mass is 381 g/mol. The van der Waals surface area contributed by atoms with Crippen LogP contribution in [0, 0.1) is 12.7 Å². The molecule has 0 atom stereocenters. The van der Waals surface area contributed by atoms with Gasteiger partial charge in [-0.2, -0.15) is 0 Å². The molecule has 1 N–H and O–H groups in total. The van der Waals surface area contributed by atoms with Gasteiger partial charge in [0.25, 0.3) is 11.5 Å². The molecule has 1 heterocycles. The van der Waals surface area contributed by atoms with Crippen LogP contribution in [-0.2, 0) is 11.3 Å². The molecule has 0 fully saturated rings. The third-order valence-electron chi connectivity index (χ3n) is 4.15. The Hall–Kier alpha value is -3.48. The van der Waals surface area contributed by atoms with E-state index in [4.69, 9.17) is 4.74 Å². The lowest BCUT2D eigenvalue weighted by Crippen LogP contribution is -2.33. The maximum Gasteiger partial charge on any atom is 0.258 e. The van der Waals surface area contributed by atoms with Gasteiger partial charge in [-0.1, -0.05) is 18.2 Å². The minimum atomic E-state index is -0.348. The quantitative estimate of drug-likeness (QED) is 0.683. The normalized spacial score (nSPS) is 10.5. The van der Waals surface area contributed by atoms with E-state index in [-0.39, 0.29) is 37.0 Å². The lowest BCUT2D eigenvalue weighted by molar-refractivity contribution is -0.123. The Kier molecular flexibility index (Phi) is 6.16. The maximum atomic E-state index is 13.0. The van der Waals surface area contributed by atoms with E-state index in [0.717, 1.165) is 5.56 Å². The Morgan fingerprint density at radius 1 is 1.18 bits per heavy atom. The van der Waals surface area contributed by atoms with Crippen molar-refractivity contribution in [3.05, 3.63) is 82.7 Å². The molecule has 3 rings (SSSR count). The molecule has 28 heavy (non-hydrogen) atoms. The van der Waals surface area contributed by atoms with E-state index in [2.05, 4.69) is 10.3 Å². The highest BCUT2D eigenvalue weighted by molar-refractivity contribution is 5.77. The number of rotatable bonds is 7. The molecular formula is C21H20FN3O3. The molecule has 0 bridgehead atoms. The summed E-state index contributed by atoms with van der Waals surface area (Å²) in [4.78, 5) is 28.3. The highest BCUT2D eigenvalue weighted by Gasteiger charge is 2.06. The Bertz CT molecular complexity index is 1020. The zero-order valence-corrected chi connectivity index (χ0v) is 15.4. The van der Waals surface area contributed by atoms with Gasteiger partial charge in [-0.3, -0.25) is 14.2 Å². The average Bonchev–Trinajstić information content (AvgIpc) is 2.69. The van der Waals surface area contributed by atoms with E-state index in [0.29, 0.717) is 17.0 Å². The second kappa shape index (κ2) is 8.94. The number of benzene rings is 2. The second-order valence-electron chi connectivity index (χ2n) is 6.22. The summed E-state index contributed by atoms with van der Waals surface area (Å²) in [6.45, 7) is 2.36. The van der Waals surface area contributed by atoms with Gasteiger partial charge >= 0.3 is 0 Å². The molecule has 0 saturated carbocycles. The summed E-state index contributed by atoms with van der Waals surface area (Å²) in [6, 6.07) is 14.6. The van der Waals surface area contributed by atoms with Gasteiger partial charge in [0.1, 0.15) is 11.6 Å². The first-order valence-electron chi connectivity index (χ1n) is 8.80. The van der Waals surface area contributed by atoms with Crippen LogP contribution in [0.4, 0.5) is 4.39 Å². The number of carbonyl (C=O) groups excluding carboxylic acids is 1. The first-order chi connectivity index (χ1) is 13.5. The SMILES string of the molecule is Cc1ccccc1OCC(=O)NCCn1cnc(-c2ccc(F)cc2)cc1=O. The van der Waals surface area contributed by atoms with E-state index in [1.54, 1.807) is 18.2 Å². The van der Waals surface area contributed by atoms with Crippen LogP contribution in [0.5, 0.6) is 5.75 Å². The summed E-state index contributed by atoms with van der Waals surface area (Å²) in [5.74, 6) is 0.0425. The van der Waals surface area contributed by atoms with Gasteiger partial charge in [0.05, 0.1) is 12.0 Å². The van der Waals surface area contributed by atoms with Crippen LogP contribution in [0.2, 0.25) is 0 Å². The summed E-state index contributed by atoms with van der Waals surface area (Å²) in [7, 11) is 0. The van der Waals surface area contributed by atoms with Gasteiger partial charge in [-0.15, -0.1) is 0 Å². The molecule has 7 heteroatoms. The minimum Gasteiger partial charge on any atom is -0.484 e. The first kappa shape index (κ1) is 19.3. The number of aryl methyl sites for hydroxylation is 1. The topological polar surface area (TPSA) is 73.2 Å². The number of nitrogens with one attached hydrogen (secondary N) is 1. The predicted molar refractivity (Wildman–Crippen MR) is 104 cm³/mol. The van der Waals surface area contributed by atoms with E-state index in [1.165, 1.54) is 29.1 Å². The Morgan fingerprint density at radius 3 is 2.64 bits per heavy atom. The number of hydrogen-bond acceptors (Lipinski definition) is 4. The molecule has 0 aliphatic carbocycles. The number of ether oxygens (including phenoxy) is 1. The molecule has 144 valence electrons. The molecular weight excluding hydrogens is 361 g/mol. The van der Waals surface area contributed by atoms with Crippen LogP contribution in [0.15, 0.2) is 65.7 Å². The molecule has 1 amide bonds. The zero-order chi connectivity index (χ0) is 19.9. The van der Waals surface area contributed by atoms with E-state index >= 15 is 0 Å². The van der Waals surface area contributed by atoms with Crippen molar-refractivity contribution >= 4 is 5.91 Å². The minimum absolute atomic E-state index is 0.0957. The highest BCUT2D eigenvalue weighted by atomic mass is 19.1. The smallest absolute Gasteiger partial charge is 0.258 e. The van der Waals surface area contributed by atoms with Crippen LogP contribution >= 0.6 is 0 Å². The number of halogens is 1. The predicted octanol–water partition coefficient (Wildman–Crippen LogP) is 2.55. The van der Waals surface area contributed by atoms with Gasteiger partial charge in [0.15, 0.2) is 6.61 Å². The van der Waals surface area contributed by atoms with Crippen LogP contribution in [0.1, 0.15) is 5.56 Å². The number of nitrogens with zero attached hydrogens (tertiary/aromatic N) is 2. The summed E-state index contributed by atoms with van der Waals surface area (Å²) in [5.41, 5.74) is 1.83. The lowest BCUT2D eigenvalue weighted by atomic mass is 10.1. The number of carbonyl (C=O) groups is 1.